The molecule has 0 aromatic carbocycles. The van der Waals surface area contributed by atoms with Gasteiger partial charge in [0.05, 0.1) is 6.54 Å². The van der Waals surface area contributed by atoms with Crippen LogP contribution in [0, 0.1) is 0 Å². The summed E-state index contributed by atoms with van der Waals surface area (Å²) in [5, 5.41) is 3.27. The maximum Gasteiger partial charge on any atom is 0.133 e. The lowest BCUT2D eigenvalue weighted by Gasteiger charge is -2.32. The molecule has 1 unspecified atom stereocenters. The van der Waals surface area contributed by atoms with Crippen molar-refractivity contribution in [1.82, 2.24) is 10.2 Å². The summed E-state index contributed by atoms with van der Waals surface area (Å²) in [6, 6.07) is 0.513. The van der Waals surface area contributed by atoms with Gasteiger partial charge in [-0.1, -0.05) is 0 Å². The largest absolute Gasteiger partial charge is 0.314 e. The minimum Gasteiger partial charge on any atom is -0.314 e. The molecule has 0 saturated carbocycles. The van der Waals surface area contributed by atoms with Gasteiger partial charge in [0.1, 0.15) is 6.29 Å². The first-order valence-electron chi connectivity index (χ1n) is 3.73. The third kappa shape index (κ3) is 1.78. The summed E-state index contributed by atoms with van der Waals surface area (Å²) in [5.74, 6) is 0. The number of hydrogen-bond donors (Lipinski definition) is 1. The molecule has 1 N–H and O–H groups in total. The zero-order valence-electron chi connectivity index (χ0n) is 6.34. The zero-order valence-corrected chi connectivity index (χ0v) is 6.34. The highest BCUT2D eigenvalue weighted by atomic mass is 16.1. The Morgan fingerprint density at radius 1 is 1.80 bits per heavy atom. The molecular weight excluding hydrogens is 128 g/mol. The fourth-order valence-electron chi connectivity index (χ4n) is 1.25. The van der Waals surface area contributed by atoms with Crippen LogP contribution in [0.2, 0.25) is 0 Å². The summed E-state index contributed by atoms with van der Waals surface area (Å²) < 4.78 is 0. The molecule has 1 aliphatic heterocycles. The average molecular weight is 142 g/mol. The van der Waals surface area contributed by atoms with Gasteiger partial charge in [0.2, 0.25) is 0 Å². The SMILES string of the molecule is CC1CNCCN1CC=O. The van der Waals surface area contributed by atoms with Crippen LogP contribution >= 0.6 is 0 Å². The van der Waals surface area contributed by atoms with Gasteiger partial charge in [0.15, 0.2) is 0 Å². The van der Waals surface area contributed by atoms with E-state index >= 15 is 0 Å². The molecule has 0 bridgehead atoms. The van der Waals surface area contributed by atoms with Crippen LogP contribution in [0.15, 0.2) is 0 Å². The van der Waals surface area contributed by atoms with E-state index in [1.54, 1.807) is 0 Å². The van der Waals surface area contributed by atoms with E-state index in [0.717, 1.165) is 25.9 Å². The fraction of sp³-hybridized carbons (Fsp3) is 0.857. The van der Waals surface area contributed by atoms with Gasteiger partial charge in [-0.25, -0.2) is 0 Å². The molecule has 1 atom stereocenters. The maximum atomic E-state index is 10.2. The molecule has 1 fully saturated rings. The van der Waals surface area contributed by atoms with Crippen molar-refractivity contribution in [3.05, 3.63) is 0 Å². The average Bonchev–Trinajstić information content (AvgIpc) is 1.94. The van der Waals surface area contributed by atoms with E-state index in [0.29, 0.717) is 12.6 Å². The van der Waals surface area contributed by atoms with Gasteiger partial charge in [-0.15, -0.1) is 0 Å². The number of carbonyl (C=O) groups excluding carboxylic acids is 1. The lowest BCUT2D eigenvalue weighted by Crippen LogP contribution is -2.50. The molecule has 3 heteroatoms. The standard InChI is InChI=1S/C7H14N2O/c1-7-6-8-2-3-9(7)4-5-10/h5,7-8H,2-4,6H2,1H3. The van der Waals surface area contributed by atoms with Crippen LogP contribution < -0.4 is 5.32 Å². The van der Waals surface area contributed by atoms with Crippen molar-refractivity contribution in [2.75, 3.05) is 26.2 Å². The number of nitrogens with one attached hydrogen (secondary N) is 1. The van der Waals surface area contributed by atoms with Gasteiger partial charge >= 0.3 is 0 Å². The molecule has 10 heavy (non-hydrogen) atoms. The van der Waals surface area contributed by atoms with Crippen LogP contribution in [0.4, 0.5) is 0 Å². The first kappa shape index (κ1) is 7.69. The van der Waals surface area contributed by atoms with Crippen molar-refractivity contribution in [1.29, 1.82) is 0 Å². The van der Waals surface area contributed by atoms with Crippen molar-refractivity contribution >= 4 is 6.29 Å². The van der Waals surface area contributed by atoms with Gasteiger partial charge in [-0.2, -0.15) is 0 Å². The molecule has 58 valence electrons. The molecule has 1 heterocycles. The first-order valence-corrected chi connectivity index (χ1v) is 3.73. The zero-order chi connectivity index (χ0) is 7.40. The predicted molar refractivity (Wildman–Crippen MR) is 40.0 cm³/mol. The molecule has 0 spiro atoms. The third-order valence-electron chi connectivity index (χ3n) is 1.95. The highest BCUT2D eigenvalue weighted by molar-refractivity contribution is 5.52. The summed E-state index contributed by atoms with van der Waals surface area (Å²) >= 11 is 0. The number of nitrogens with zero attached hydrogens (tertiary/aromatic N) is 1. The Morgan fingerprint density at radius 3 is 3.20 bits per heavy atom. The molecule has 1 rings (SSSR count). The van der Waals surface area contributed by atoms with Crippen molar-refractivity contribution in [2.24, 2.45) is 0 Å². The summed E-state index contributed by atoms with van der Waals surface area (Å²) in [6.45, 7) is 5.74. The monoisotopic (exact) mass is 142 g/mol. The normalized spacial score (nSPS) is 28.3. The minimum atomic E-state index is 0.513. The molecule has 3 nitrogen and oxygen atoms in total. The predicted octanol–water partition coefficient (Wildman–Crippen LogP) is -0.521. The van der Waals surface area contributed by atoms with Crippen LogP contribution in [-0.2, 0) is 4.79 Å². The van der Waals surface area contributed by atoms with E-state index in [1.807, 2.05) is 0 Å². The Labute approximate surface area is 61.4 Å². The van der Waals surface area contributed by atoms with E-state index in [2.05, 4.69) is 17.1 Å². The second-order valence-electron chi connectivity index (χ2n) is 2.71. The second kappa shape index (κ2) is 3.68. The molecule has 1 aliphatic rings. The molecule has 0 aromatic rings. The molecular formula is C7H14N2O. The van der Waals surface area contributed by atoms with Gasteiger partial charge in [-0.3, -0.25) is 4.90 Å². The number of carbonyl (C=O) groups is 1. The first-order chi connectivity index (χ1) is 4.84. The van der Waals surface area contributed by atoms with Gasteiger partial charge < -0.3 is 10.1 Å². The second-order valence-corrected chi connectivity index (χ2v) is 2.71. The number of hydrogen-bond acceptors (Lipinski definition) is 3. The number of aldehydes is 1. The van der Waals surface area contributed by atoms with E-state index in [4.69, 9.17) is 0 Å². The maximum absolute atomic E-state index is 10.2. The highest BCUT2D eigenvalue weighted by Crippen LogP contribution is 1.99. The topological polar surface area (TPSA) is 32.3 Å². The summed E-state index contributed by atoms with van der Waals surface area (Å²) in [6.07, 6.45) is 0.974. The van der Waals surface area contributed by atoms with E-state index in [1.165, 1.54) is 0 Å². The minimum absolute atomic E-state index is 0.513. The summed E-state index contributed by atoms with van der Waals surface area (Å²) in [4.78, 5) is 12.3. The molecule has 1 saturated heterocycles. The Morgan fingerprint density at radius 2 is 2.60 bits per heavy atom. The Bertz CT molecular complexity index is 116. The molecule has 0 aliphatic carbocycles. The van der Waals surface area contributed by atoms with Crippen molar-refractivity contribution < 1.29 is 4.79 Å². The smallest absolute Gasteiger partial charge is 0.133 e. The third-order valence-corrected chi connectivity index (χ3v) is 1.95. The van der Waals surface area contributed by atoms with Crippen LogP contribution in [0.25, 0.3) is 0 Å². The Hall–Kier alpha value is -0.410. The highest BCUT2D eigenvalue weighted by Gasteiger charge is 2.15. The van der Waals surface area contributed by atoms with Gasteiger partial charge in [-0.05, 0) is 6.92 Å². The van der Waals surface area contributed by atoms with Crippen molar-refractivity contribution in [3.63, 3.8) is 0 Å². The van der Waals surface area contributed by atoms with Gasteiger partial charge in [0, 0.05) is 25.7 Å². The van der Waals surface area contributed by atoms with Crippen LogP contribution in [-0.4, -0.2) is 43.4 Å². The van der Waals surface area contributed by atoms with Crippen LogP contribution in [0.1, 0.15) is 6.92 Å². The molecule has 0 amide bonds. The van der Waals surface area contributed by atoms with Crippen LogP contribution in [0.5, 0.6) is 0 Å². The Balaban J connectivity index is 2.32. The number of rotatable bonds is 2. The lowest BCUT2D eigenvalue weighted by molar-refractivity contribution is -0.109. The Kier molecular flexibility index (Phi) is 2.83. The number of piperazine rings is 1. The summed E-state index contributed by atoms with van der Waals surface area (Å²) in [5.41, 5.74) is 0. The molecule has 0 radical (unpaired) electrons. The summed E-state index contributed by atoms with van der Waals surface area (Å²) in [7, 11) is 0. The van der Waals surface area contributed by atoms with Crippen LogP contribution in [0.3, 0.4) is 0 Å². The molecule has 0 aromatic heterocycles. The van der Waals surface area contributed by atoms with E-state index < -0.39 is 0 Å². The van der Waals surface area contributed by atoms with E-state index in [9.17, 15) is 4.79 Å². The van der Waals surface area contributed by atoms with Crippen molar-refractivity contribution in [2.45, 2.75) is 13.0 Å². The van der Waals surface area contributed by atoms with Gasteiger partial charge in [0.25, 0.3) is 0 Å². The fourth-order valence-corrected chi connectivity index (χ4v) is 1.25. The van der Waals surface area contributed by atoms with E-state index in [-0.39, 0.29) is 0 Å². The quantitative estimate of drug-likeness (QED) is 0.526. The lowest BCUT2D eigenvalue weighted by atomic mass is 10.2. The van der Waals surface area contributed by atoms with Crippen molar-refractivity contribution in [3.8, 4) is 0 Å².